The first-order valence-corrected chi connectivity index (χ1v) is 2.76. The zero-order chi connectivity index (χ0) is 6.69. The maximum Gasteiger partial charge on any atom is 0.0947 e. The van der Waals surface area contributed by atoms with Gasteiger partial charge in [-0.15, -0.1) is 0 Å². The first kappa shape index (κ1) is 5.90. The Morgan fingerprint density at radius 2 is 2.56 bits per heavy atom. The molecular formula is C7H7NO. The number of hydrogen-bond donors (Lipinski definition) is 0. The first-order valence-electron chi connectivity index (χ1n) is 2.76. The lowest BCUT2D eigenvalue weighted by atomic mass is 10.1. The zero-order valence-electron chi connectivity index (χ0n) is 5.16. The van der Waals surface area contributed by atoms with Crippen molar-refractivity contribution in [1.82, 2.24) is 0 Å². The summed E-state index contributed by atoms with van der Waals surface area (Å²) >= 11 is 0. The van der Waals surface area contributed by atoms with E-state index < -0.39 is 0 Å². The molecule has 0 aliphatic carbocycles. The van der Waals surface area contributed by atoms with Gasteiger partial charge in [-0.3, -0.25) is 0 Å². The van der Waals surface area contributed by atoms with Crippen LogP contribution in [0, 0.1) is 11.3 Å². The summed E-state index contributed by atoms with van der Waals surface area (Å²) in [4.78, 5) is 0. The lowest BCUT2D eigenvalue weighted by molar-refractivity contribution is 0.563. The fraction of sp³-hybridized carbons (Fsp3) is 0.286. The van der Waals surface area contributed by atoms with E-state index >= 15 is 0 Å². The summed E-state index contributed by atoms with van der Waals surface area (Å²) in [5, 5.41) is 8.41. The Morgan fingerprint density at radius 3 is 3.00 bits per heavy atom. The van der Waals surface area contributed by atoms with E-state index in [9.17, 15) is 0 Å². The molecule has 9 heavy (non-hydrogen) atoms. The van der Waals surface area contributed by atoms with Crippen LogP contribution in [0.15, 0.2) is 23.0 Å². The van der Waals surface area contributed by atoms with Gasteiger partial charge in [0, 0.05) is 5.56 Å². The Labute approximate surface area is 53.7 Å². The van der Waals surface area contributed by atoms with Gasteiger partial charge in [0.15, 0.2) is 0 Å². The van der Waals surface area contributed by atoms with Crippen LogP contribution in [0.4, 0.5) is 0 Å². The van der Waals surface area contributed by atoms with E-state index in [1.807, 2.05) is 6.92 Å². The molecule has 1 atom stereocenters. The molecule has 1 aromatic heterocycles. The third kappa shape index (κ3) is 1.11. The summed E-state index contributed by atoms with van der Waals surface area (Å²) in [6.07, 6.45) is 3.16. The normalized spacial score (nSPS) is 12.4. The van der Waals surface area contributed by atoms with Crippen molar-refractivity contribution in [3.05, 3.63) is 24.2 Å². The molecule has 0 saturated heterocycles. The fourth-order valence-electron chi connectivity index (χ4n) is 0.596. The summed E-state index contributed by atoms with van der Waals surface area (Å²) in [5.41, 5.74) is 0.942. The summed E-state index contributed by atoms with van der Waals surface area (Å²) in [6.45, 7) is 1.84. The van der Waals surface area contributed by atoms with Crippen LogP contribution in [-0.4, -0.2) is 0 Å². The van der Waals surface area contributed by atoms with Crippen LogP contribution in [0.1, 0.15) is 18.4 Å². The highest BCUT2D eigenvalue weighted by Gasteiger charge is 2.02. The minimum Gasteiger partial charge on any atom is -0.472 e. The predicted octanol–water partition coefficient (Wildman–Crippen LogP) is 1.91. The average molecular weight is 121 g/mol. The minimum absolute atomic E-state index is 0.0521. The highest BCUT2D eigenvalue weighted by molar-refractivity contribution is 5.17. The second-order valence-corrected chi connectivity index (χ2v) is 1.91. The van der Waals surface area contributed by atoms with Crippen molar-refractivity contribution in [2.45, 2.75) is 12.8 Å². The Hall–Kier alpha value is -1.23. The third-order valence-corrected chi connectivity index (χ3v) is 1.24. The van der Waals surface area contributed by atoms with E-state index in [1.165, 1.54) is 0 Å². The number of hydrogen-bond acceptors (Lipinski definition) is 2. The van der Waals surface area contributed by atoms with Crippen molar-refractivity contribution in [1.29, 1.82) is 5.26 Å². The van der Waals surface area contributed by atoms with Crippen molar-refractivity contribution in [3.63, 3.8) is 0 Å². The molecule has 0 bridgehead atoms. The van der Waals surface area contributed by atoms with Crippen LogP contribution in [-0.2, 0) is 0 Å². The van der Waals surface area contributed by atoms with E-state index in [-0.39, 0.29) is 5.92 Å². The van der Waals surface area contributed by atoms with Crippen molar-refractivity contribution in [2.24, 2.45) is 0 Å². The number of rotatable bonds is 1. The molecule has 0 N–H and O–H groups in total. The molecule has 0 radical (unpaired) electrons. The second kappa shape index (κ2) is 2.36. The zero-order valence-corrected chi connectivity index (χ0v) is 5.16. The molecule has 1 unspecified atom stereocenters. The summed E-state index contributed by atoms with van der Waals surface area (Å²) in [6, 6.07) is 3.91. The minimum atomic E-state index is -0.0521. The van der Waals surface area contributed by atoms with Crippen LogP contribution >= 0.6 is 0 Å². The van der Waals surface area contributed by atoms with Crippen LogP contribution in [0.5, 0.6) is 0 Å². The fourth-order valence-corrected chi connectivity index (χ4v) is 0.596. The van der Waals surface area contributed by atoms with Crippen LogP contribution in [0.3, 0.4) is 0 Å². The smallest absolute Gasteiger partial charge is 0.0947 e. The molecule has 0 amide bonds. The number of furan rings is 1. The van der Waals surface area contributed by atoms with Gasteiger partial charge in [-0.1, -0.05) is 0 Å². The summed E-state index contributed by atoms with van der Waals surface area (Å²) in [5.74, 6) is -0.0521. The predicted molar refractivity (Wildman–Crippen MR) is 32.7 cm³/mol. The first-order chi connectivity index (χ1) is 4.34. The maximum atomic E-state index is 8.41. The van der Waals surface area contributed by atoms with Gasteiger partial charge in [0.05, 0.1) is 24.5 Å². The monoisotopic (exact) mass is 121 g/mol. The molecule has 0 aliphatic heterocycles. The van der Waals surface area contributed by atoms with Crippen molar-refractivity contribution in [2.75, 3.05) is 0 Å². The molecule has 2 heteroatoms. The van der Waals surface area contributed by atoms with E-state index in [4.69, 9.17) is 9.68 Å². The lowest BCUT2D eigenvalue weighted by Crippen LogP contribution is -1.83. The maximum absolute atomic E-state index is 8.41. The van der Waals surface area contributed by atoms with Gasteiger partial charge in [-0.05, 0) is 13.0 Å². The standard InChI is InChI=1S/C7H7NO/c1-6(4-8)7-2-3-9-5-7/h2-3,5-6H,1H3. The van der Waals surface area contributed by atoms with Crippen molar-refractivity contribution < 1.29 is 4.42 Å². The molecule has 0 fully saturated rings. The van der Waals surface area contributed by atoms with Crippen LogP contribution < -0.4 is 0 Å². The molecule has 1 aromatic rings. The van der Waals surface area contributed by atoms with E-state index in [0.717, 1.165) is 5.56 Å². The van der Waals surface area contributed by atoms with E-state index in [1.54, 1.807) is 18.6 Å². The van der Waals surface area contributed by atoms with Crippen molar-refractivity contribution in [3.8, 4) is 6.07 Å². The van der Waals surface area contributed by atoms with Crippen LogP contribution in [0.2, 0.25) is 0 Å². The third-order valence-electron chi connectivity index (χ3n) is 1.24. The summed E-state index contributed by atoms with van der Waals surface area (Å²) in [7, 11) is 0. The summed E-state index contributed by atoms with van der Waals surface area (Å²) < 4.78 is 4.79. The number of nitrogens with zero attached hydrogens (tertiary/aromatic N) is 1. The van der Waals surface area contributed by atoms with Crippen LogP contribution in [0.25, 0.3) is 0 Å². The molecule has 0 aromatic carbocycles. The Bertz CT molecular complexity index is 207. The second-order valence-electron chi connectivity index (χ2n) is 1.91. The topological polar surface area (TPSA) is 36.9 Å². The molecule has 2 nitrogen and oxygen atoms in total. The molecule has 0 saturated carbocycles. The van der Waals surface area contributed by atoms with Gasteiger partial charge in [0.25, 0.3) is 0 Å². The van der Waals surface area contributed by atoms with Gasteiger partial charge >= 0.3 is 0 Å². The quantitative estimate of drug-likeness (QED) is 0.569. The molecule has 0 aliphatic rings. The molecule has 1 heterocycles. The lowest BCUT2D eigenvalue weighted by Gasteiger charge is -1.91. The van der Waals surface area contributed by atoms with E-state index in [2.05, 4.69) is 6.07 Å². The Kier molecular flexibility index (Phi) is 1.55. The van der Waals surface area contributed by atoms with Gasteiger partial charge in [-0.2, -0.15) is 5.26 Å². The average Bonchev–Trinajstić information content (AvgIpc) is 2.37. The largest absolute Gasteiger partial charge is 0.472 e. The van der Waals surface area contributed by atoms with Gasteiger partial charge in [-0.25, -0.2) is 0 Å². The van der Waals surface area contributed by atoms with Gasteiger partial charge < -0.3 is 4.42 Å². The van der Waals surface area contributed by atoms with Gasteiger partial charge in [0.1, 0.15) is 0 Å². The Balaban J connectivity index is 2.80. The van der Waals surface area contributed by atoms with Gasteiger partial charge in [0.2, 0.25) is 0 Å². The SMILES string of the molecule is CC(C#N)c1ccoc1. The Morgan fingerprint density at radius 1 is 1.78 bits per heavy atom. The highest BCUT2D eigenvalue weighted by atomic mass is 16.3. The molecule has 46 valence electrons. The highest BCUT2D eigenvalue weighted by Crippen LogP contribution is 2.12. The van der Waals surface area contributed by atoms with E-state index in [0.29, 0.717) is 0 Å². The molecule has 1 rings (SSSR count). The number of nitriles is 1. The molecule has 0 spiro atoms. The van der Waals surface area contributed by atoms with Crippen molar-refractivity contribution >= 4 is 0 Å². The molecular weight excluding hydrogens is 114 g/mol.